The highest BCUT2D eigenvalue weighted by Crippen LogP contribution is 2.26. The highest BCUT2D eigenvalue weighted by molar-refractivity contribution is 6.31. The molecule has 0 aliphatic rings. The van der Waals surface area contributed by atoms with Crippen LogP contribution in [0.25, 0.3) is 10.9 Å². The van der Waals surface area contributed by atoms with Gasteiger partial charge in [-0.1, -0.05) is 11.6 Å². The van der Waals surface area contributed by atoms with Gasteiger partial charge in [-0.25, -0.2) is 19.3 Å². The van der Waals surface area contributed by atoms with Gasteiger partial charge in [0.05, 0.1) is 16.7 Å². The first kappa shape index (κ1) is 12.6. The molecule has 0 saturated heterocycles. The molecular weight excluding hydrogens is 281 g/mol. The van der Waals surface area contributed by atoms with Gasteiger partial charge in [0, 0.05) is 11.1 Å². The molecule has 7 heteroatoms. The number of aromatic nitrogens is 3. The minimum Gasteiger partial charge on any atom is -0.384 e. The molecule has 20 heavy (non-hydrogen) atoms. The summed E-state index contributed by atoms with van der Waals surface area (Å²) in [6.45, 7) is 0. The van der Waals surface area contributed by atoms with Gasteiger partial charge < -0.3 is 11.1 Å². The maximum Gasteiger partial charge on any atom is 0.141 e. The summed E-state index contributed by atoms with van der Waals surface area (Å²) in [4.78, 5) is 12.2. The summed E-state index contributed by atoms with van der Waals surface area (Å²) in [6, 6.07) is 6.00. The molecule has 0 unspecified atom stereocenters. The molecule has 0 bridgehead atoms. The number of anilines is 3. The Kier molecular flexibility index (Phi) is 3.08. The normalized spacial score (nSPS) is 10.7. The number of hydrogen-bond donors (Lipinski definition) is 2. The summed E-state index contributed by atoms with van der Waals surface area (Å²) in [5.41, 5.74) is 6.94. The van der Waals surface area contributed by atoms with Gasteiger partial charge in [0.2, 0.25) is 0 Å². The predicted octanol–water partition coefficient (Wildman–Crippen LogP) is 3.14. The zero-order chi connectivity index (χ0) is 14.1. The Morgan fingerprint density at radius 2 is 2.00 bits per heavy atom. The fourth-order valence-corrected chi connectivity index (χ4v) is 1.97. The Labute approximate surface area is 118 Å². The number of halogens is 2. The molecule has 2 aromatic heterocycles. The number of nitrogen functional groups attached to an aromatic ring is 1. The summed E-state index contributed by atoms with van der Waals surface area (Å²) in [6.07, 6.45) is 2.98. The van der Waals surface area contributed by atoms with Crippen molar-refractivity contribution in [2.45, 2.75) is 0 Å². The van der Waals surface area contributed by atoms with Crippen LogP contribution in [0.5, 0.6) is 0 Å². The molecule has 100 valence electrons. The number of pyridine rings is 1. The van der Waals surface area contributed by atoms with Crippen LogP contribution in [0.2, 0.25) is 5.02 Å². The van der Waals surface area contributed by atoms with Crippen LogP contribution < -0.4 is 11.1 Å². The molecule has 0 fully saturated rings. The fraction of sp³-hybridized carbons (Fsp3) is 0. The number of benzene rings is 1. The molecule has 3 N–H and O–H groups in total. The van der Waals surface area contributed by atoms with Crippen LogP contribution >= 0.6 is 11.6 Å². The van der Waals surface area contributed by atoms with E-state index < -0.39 is 5.82 Å². The van der Waals surface area contributed by atoms with Gasteiger partial charge >= 0.3 is 0 Å². The number of nitrogens with zero attached hydrogens (tertiary/aromatic N) is 3. The van der Waals surface area contributed by atoms with E-state index in [1.165, 1.54) is 18.5 Å². The zero-order valence-electron chi connectivity index (χ0n) is 10.1. The van der Waals surface area contributed by atoms with E-state index in [9.17, 15) is 4.39 Å². The van der Waals surface area contributed by atoms with Gasteiger partial charge in [-0.2, -0.15) is 0 Å². The van der Waals surface area contributed by atoms with Crippen LogP contribution in [0.1, 0.15) is 0 Å². The van der Waals surface area contributed by atoms with Crippen LogP contribution in [0.4, 0.5) is 21.7 Å². The molecule has 0 atom stereocenters. The van der Waals surface area contributed by atoms with E-state index in [1.807, 2.05) is 0 Å². The van der Waals surface area contributed by atoms with E-state index >= 15 is 0 Å². The van der Waals surface area contributed by atoms with Crippen LogP contribution in [0.3, 0.4) is 0 Å². The summed E-state index contributed by atoms with van der Waals surface area (Å²) < 4.78 is 13.1. The zero-order valence-corrected chi connectivity index (χ0v) is 10.9. The third kappa shape index (κ3) is 2.33. The Balaban J connectivity index is 2.05. The summed E-state index contributed by atoms with van der Waals surface area (Å²) in [7, 11) is 0. The molecule has 0 amide bonds. The van der Waals surface area contributed by atoms with E-state index in [2.05, 4.69) is 20.3 Å². The second kappa shape index (κ2) is 4.90. The number of fused-ring (bicyclic) bond motifs is 1. The van der Waals surface area contributed by atoms with E-state index in [0.717, 1.165) is 5.39 Å². The Morgan fingerprint density at radius 1 is 1.15 bits per heavy atom. The lowest BCUT2D eigenvalue weighted by atomic mass is 10.2. The molecule has 0 saturated carbocycles. The number of nitrogens with one attached hydrogen (secondary N) is 1. The largest absolute Gasteiger partial charge is 0.384 e. The van der Waals surface area contributed by atoms with Gasteiger partial charge in [0.1, 0.15) is 23.8 Å². The molecule has 0 aliphatic carbocycles. The highest BCUT2D eigenvalue weighted by atomic mass is 35.5. The van der Waals surface area contributed by atoms with E-state index in [4.69, 9.17) is 17.3 Å². The van der Waals surface area contributed by atoms with Gasteiger partial charge in [-0.3, -0.25) is 0 Å². The Morgan fingerprint density at radius 3 is 2.80 bits per heavy atom. The predicted molar refractivity (Wildman–Crippen MR) is 76.4 cm³/mol. The van der Waals surface area contributed by atoms with Crippen molar-refractivity contribution in [3.05, 3.63) is 47.6 Å². The Hall–Kier alpha value is -2.47. The second-order valence-electron chi connectivity index (χ2n) is 4.10. The molecule has 0 aliphatic heterocycles. The van der Waals surface area contributed by atoms with Gasteiger partial charge in [-0.05, 0) is 24.3 Å². The minimum absolute atomic E-state index is 0.0366. The lowest BCUT2D eigenvalue weighted by Gasteiger charge is -2.09. The lowest BCUT2D eigenvalue weighted by molar-refractivity contribution is 0.628. The third-order valence-electron chi connectivity index (χ3n) is 2.73. The first-order valence-corrected chi connectivity index (χ1v) is 6.09. The molecule has 1 aromatic carbocycles. The molecule has 0 spiro atoms. The topological polar surface area (TPSA) is 76.7 Å². The van der Waals surface area contributed by atoms with Crippen molar-refractivity contribution in [3.63, 3.8) is 0 Å². The monoisotopic (exact) mass is 289 g/mol. The van der Waals surface area contributed by atoms with E-state index in [1.54, 1.807) is 18.3 Å². The van der Waals surface area contributed by atoms with Crippen LogP contribution in [0, 0.1) is 5.82 Å². The number of hydrogen-bond acceptors (Lipinski definition) is 5. The Bertz CT molecular complexity index is 793. The van der Waals surface area contributed by atoms with Gasteiger partial charge in [0.15, 0.2) is 0 Å². The van der Waals surface area contributed by atoms with Gasteiger partial charge in [-0.15, -0.1) is 0 Å². The molecule has 0 radical (unpaired) electrons. The fourth-order valence-electron chi connectivity index (χ4n) is 1.79. The van der Waals surface area contributed by atoms with Crippen molar-refractivity contribution in [1.82, 2.24) is 15.0 Å². The maximum atomic E-state index is 13.1. The SMILES string of the molecule is Nc1cc2c(Nc3ccc(F)c(Cl)c3)ncnc2cn1. The lowest BCUT2D eigenvalue weighted by Crippen LogP contribution is -1.98. The van der Waals surface area contributed by atoms with E-state index in [-0.39, 0.29) is 5.02 Å². The van der Waals surface area contributed by atoms with Crippen molar-refractivity contribution in [3.8, 4) is 0 Å². The first-order valence-electron chi connectivity index (χ1n) is 5.72. The van der Waals surface area contributed by atoms with Crippen LogP contribution in [-0.2, 0) is 0 Å². The number of rotatable bonds is 2. The van der Waals surface area contributed by atoms with Gasteiger partial charge in [0.25, 0.3) is 0 Å². The average molecular weight is 290 g/mol. The third-order valence-corrected chi connectivity index (χ3v) is 3.01. The maximum absolute atomic E-state index is 13.1. The van der Waals surface area contributed by atoms with Crippen molar-refractivity contribution in [2.75, 3.05) is 11.1 Å². The summed E-state index contributed by atoms with van der Waals surface area (Å²) in [5, 5.41) is 3.82. The van der Waals surface area contributed by atoms with E-state index in [0.29, 0.717) is 22.8 Å². The molecule has 5 nitrogen and oxygen atoms in total. The minimum atomic E-state index is -0.474. The molecule has 2 heterocycles. The quantitative estimate of drug-likeness (QED) is 0.758. The molecule has 3 aromatic rings. The molecular formula is C13H9ClFN5. The summed E-state index contributed by atoms with van der Waals surface area (Å²) in [5.74, 6) is 0.442. The van der Waals surface area contributed by atoms with Crippen molar-refractivity contribution in [2.24, 2.45) is 0 Å². The van der Waals surface area contributed by atoms with Crippen molar-refractivity contribution in [1.29, 1.82) is 0 Å². The average Bonchev–Trinajstić information content (AvgIpc) is 2.44. The van der Waals surface area contributed by atoms with Crippen molar-refractivity contribution >= 4 is 39.8 Å². The molecule has 3 rings (SSSR count). The highest BCUT2D eigenvalue weighted by Gasteiger charge is 2.07. The van der Waals surface area contributed by atoms with Crippen LogP contribution in [0.15, 0.2) is 36.8 Å². The smallest absolute Gasteiger partial charge is 0.141 e. The number of nitrogens with two attached hydrogens (primary N) is 1. The first-order chi connectivity index (χ1) is 9.63. The van der Waals surface area contributed by atoms with Crippen LogP contribution in [-0.4, -0.2) is 15.0 Å². The standard InChI is InChI=1S/C13H9ClFN5/c14-9-3-7(1-2-10(9)15)20-13-8-4-12(16)17-5-11(8)18-6-19-13/h1-6H,(H2,16,17)(H,18,19,20). The van der Waals surface area contributed by atoms with Crippen molar-refractivity contribution < 1.29 is 4.39 Å². The summed E-state index contributed by atoms with van der Waals surface area (Å²) >= 11 is 5.75. The second-order valence-corrected chi connectivity index (χ2v) is 4.51.